The van der Waals surface area contributed by atoms with Crippen molar-refractivity contribution in [3.63, 3.8) is 0 Å². The van der Waals surface area contributed by atoms with E-state index in [1.54, 1.807) is 12.1 Å². The Morgan fingerprint density at radius 1 is 1.36 bits per heavy atom. The van der Waals surface area contributed by atoms with Crippen LogP contribution in [0.5, 0.6) is 0 Å². The number of non-ortho nitro benzene ring substituents is 1. The maximum atomic E-state index is 12.0. The Bertz CT molecular complexity index is 572. The summed E-state index contributed by atoms with van der Waals surface area (Å²) >= 11 is 0. The summed E-state index contributed by atoms with van der Waals surface area (Å²) in [4.78, 5) is 34.4. The van der Waals surface area contributed by atoms with E-state index in [0.717, 1.165) is 5.56 Å². The number of urea groups is 1. The van der Waals surface area contributed by atoms with Crippen LogP contribution in [0.1, 0.15) is 18.4 Å². The summed E-state index contributed by atoms with van der Waals surface area (Å²) in [5.41, 5.74) is 0.885. The molecule has 1 heterocycles. The number of aliphatic carboxylic acids is 1. The van der Waals surface area contributed by atoms with Gasteiger partial charge < -0.3 is 15.3 Å². The van der Waals surface area contributed by atoms with E-state index >= 15 is 0 Å². The molecule has 0 aromatic heterocycles. The molecule has 1 atom stereocenters. The lowest BCUT2D eigenvalue weighted by Gasteiger charge is -2.21. The van der Waals surface area contributed by atoms with E-state index in [0.29, 0.717) is 32.4 Å². The monoisotopic (exact) mass is 307 g/mol. The number of carbonyl (C=O) groups excluding carboxylic acids is 1. The molecule has 0 saturated carbocycles. The third-order valence-corrected chi connectivity index (χ3v) is 3.64. The van der Waals surface area contributed by atoms with E-state index < -0.39 is 16.9 Å². The van der Waals surface area contributed by atoms with Crippen molar-refractivity contribution in [2.45, 2.75) is 25.3 Å². The predicted molar refractivity (Wildman–Crippen MR) is 77.6 cm³/mol. The number of nitro benzene ring substituents is 1. The van der Waals surface area contributed by atoms with Crippen LogP contribution in [0.3, 0.4) is 0 Å². The van der Waals surface area contributed by atoms with Crippen LogP contribution in [0.25, 0.3) is 0 Å². The van der Waals surface area contributed by atoms with E-state index in [-0.39, 0.29) is 11.7 Å². The molecular weight excluding hydrogens is 290 g/mol. The second kappa shape index (κ2) is 6.88. The molecule has 22 heavy (non-hydrogen) atoms. The van der Waals surface area contributed by atoms with E-state index in [4.69, 9.17) is 5.11 Å². The van der Waals surface area contributed by atoms with Crippen molar-refractivity contribution in [2.75, 3.05) is 13.1 Å². The topological polar surface area (TPSA) is 113 Å². The summed E-state index contributed by atoms with van der Waals surface area (Å²) in [6.45, 7) is 0.791. The number of nitrogens with one attached hydrogen (secondary N) is 1. The van der Waals surface area contributed by atoms with Crippen LogP contribution in [0.4, 0.5) is 10.5 Å². The first kappa shape index (κ1) is 15.7. The zero-order valence-corrected chi connectivity index (χ0v) is 11.9. The second-order valence-electron chi connectivity index (χ2n) is 5.10. The number of amides is 2. The first-order valence-corrected chi connectivity index (χ1v) is 6.99. The van der Waals surface area contributed by atoms with Gasteiger partial charge in [-0.05, 0) is 24.8 Å². The van der Waals surface area contributed by atoms with Gasteiger partial charge in [0.25, 0.3) is 5.69 Å². The highest BCUT2D eigenvalue weighted by molar-refractivity contribution is 5.83. The second-order valence-corrected chi connectivity index (χ2v) is 5.10. The minimum Gasteiger partial charge on any atom is -0.480 e. The van der Waals surface area contributed by atoms with Crippen LogP contribution in [-0.2, 0) is 11.2 Å². The Kier molecular flexibility index (Phi) is 4.92. The summed E-state index contributed by atoms with van der Waals surface area (Å²) in [5.74, 6) is -0.983. The Morgan fingerprint density at radius 3 is 2.64 bits per heavy atom. The SMILES string of the molecule is O=C(O)C1CCCN1C(=O)NCCc1ccc([N+](=O)[O-])cc1. The van der Waals surface area contributed by atoms with Gasteiger partial charge >= 0.3 is 12.0 Å². The van der Waals surface area contributed by atoms with Gasteiger partial charge in [0.15, 0.2) is 0 Å². The van der Waals surface area contributed by atoms with E-state index in [9.17, 15) is 19.7 Å². The third kappa shape index (κ3) is 3.72. The van der Waals surface area contributed by atoms with Crippen LogP contribution in [0.15, 0.2) is 24.3 Å². The Hall–Kier alpha value is -2.64. The van der Waals surface area contributed by atoms with Crippen LogP contribution in [-0.4, -0.2) is 46.1 Å². The van der Waals surface area contributed by atoms with Crippen molar-refractivity contribution in [1.29, 1.82) is 0 Å². The van der Waals surface area contributed by atoms with Gasteiger partial charge in [-0.2, -0.15) is 0 Å². The molecule has 0 radical (unpaired) electrons. The van der Waals surface area contributed by atoms with Gasteiger partial charge in [-0.1, -0.05) is 12.1 Å². The van der Waals surface area contributed by atoms with Crippen LogP contribution in [0.2, 0.25) is 0 Å². The number of benzene rings is 1. The third-order valence-electron chi connectivity index (χ3n) is 3.64. The zero-order chi connectivity index (χ0) is 16.1. The fourth-order valence-corrected chi connectivity index (χ4v) is 2.47. The summed E-state index contributed by atoms with van der Waals surface area (Å²) < 4.78 is 0. The van der Waals surface area contributed by atoms with Crippen LogP contribution in [0, 0.1) is 10.1 Å². The zero-order valence-electron chi connectivity index (χ0n) is 11.9. The number of nitrogens with zero attached hydrogens (tertiary/aromatic N) is 2. The van der Waals surface area contributed by atoms with Crippen LogP contribution >= 0.6 is 0 Å². The van der Waals surface area contributed by atoms with Crippen molar-refractivity contribution in [1.82, 2.24) is 10.2 Å². The molecule has 2 amide bonds. The lowest BCUT2D eigenvalue weighted by atomic mass is 10.1. The summed E-state index contributed by atoms with van der Waals surface area (Å²) in [5, 5.41) is 22.3. The first-order chi connectivity index (χ1) is 10.5. The van der Waals surface area contributed by atoms with E-state index in [1.165, 1.54) is 17.0 Å². The molecule has 0 bridgehead atoms. The number of nitro groups is 1. The van der Waals surface area contributed by atoms with E-state index in [1.807, 2.05) is 0 Å². The molecular formula is C14H17N3O5. The number of carbonyl (C=O) groups is 2. The highest BCUT2D eigenvalue weighted by Crippen LogP contribution is 2.17. The van der Waals surface area contributed by atoms with Gasteiger partial charge in [-0.25, -0.2) is 9.59 Å². The number of carboxylic acid groups (broad SMARTS) is 1. The minimum absolute atomic E-state index is 0.0224. The summed E-state index contributed by atoms with van der Waals surface area (Å²) in [6, 6.07) is 4.97. The molecule has 0 spiro atoms. The molecule has 8 nitrogen and oxygen atoms in total. The summed E-state index contributed by atoms with van der Waals surface area (Å²) in [6.07, 6.45) is 1.69. The fraction of sp³-hybridized carbons (Fsp3) is 0.429. The highest BCUT2D eigenvalue weighted by atomic mass is 16.6. The van der Waals surface area contributed by atoms with Gasteiger partial charge in [-0.15, -0.1) is 0 Å². The van der Waals surface area contributed by atoms with Crippen LogP contribution < -0.4 is 5.32 Å². The molecule has 2 N–H and O–H groups in total. The average molecular weight is 307 g/mol. The van der Waals surface area contributed by atoms with Gasteiger partial charge in [0.2, 0.25) is 0 Å². The van der Waals surface area contributed by atoms with Crippen molar-refractivity contribution >= 4 is 17.7 Å². The predicted octanol–water partition coefficient (Wildman–Crippen LogP) is 1.40. The lowest BCUT2D eigenvalue weighted by Crippen LogP contribution is -2.46. The van der Waals surface area contributed by atoms with Crippen molar-refractivity contribution in [3.05, 3.63) is 39.9 Å². The fourth-order valence-electron chi connectivity index (χ4n) is 2.47. The molecule has 1 aliphatic rings. The number of hydrogen-bond donors (Lipinski definition) is 2. The molecule has 118 valence electrons. The maximum absolute atomic E-state index is 12.0. The number of hydrogen-bond acceptors (Lipinski definition) is 4. The molecule has 1 unspecified atom stereocenters. The summed E-state index contributed by atoms with van der Waals surface area (Å²) in [7, 11) is 0. The van der Waals surface area contributed by atoms with Crippen molar-refractivity contribution < 1.29 is 19.6 Å². The van der Waals surface area contributed by atoms with Crippen molar-refractivity contribution in [3.8, 4) is 0 Å². The van der Waals surface area contributed by atoms with Gasteiger partial charge in [-0.3, -0.25) is 10.1 Å². The lowest BCUT2D eigenvalue weighted by molar-refractivity contribution is -0.384. The average Bonchev–Trinajstić information content (AvgIpc) is 2.97. The standard InChI is InChI=1S/C14H17N3O5/c18-13(19)12-2-1-9-16(12)14(20)15-8-7-10-3-5-11(6-4-10)17(21)22/h3-6,12H,1-2,7-9H2,(H,15,20)(H,18,19). The molecule has 1 aromatic carbocycles. The quantitative estimate of drug-likeness (QED) is 0.630. The van der Waals surface area contributed by atoms with Gasteiger partial charge in [0.05, 0.1) is 4.92 Å². The molecule has 1 aromatic rings. The molecule has 8 heteroatoms. The number of carboxylic acids is 1. The molecule has 1 aliphatic heterocycles. The molecule has 0 aliphatic carbocycles. The normalized spacial score (nSPS) is 17.3. The first-order valence-electron chi connectivity index (χ1n) is 6.99. The molecule has 1 fully saturated rings. The molecule has 1 saturated heterocycles. The Labute approximate surface area is 126 Å². The minimum atomic E-state index is -0.983. The Balaban J connectivity index is 1.81. The number of rotatable bonds is 5. The smallest absolute Gasteiger partial charge is 0.326 e. The highest BCUT2D eigenvalue weighted by Gasteiger charge is 2.33. The van der Waals surface area contributed by atoms with Gasteiger partial charge in [0.1, 0.15) is 6.04 Å². The number of likely N-dealkylation sites (tertiary alicyclic amines) is 1. The Morgan fingerprint density at radius 2 is 2.05 bits per heavy atom. The largest absolute Gasteiger partial charge is 0.480 e. The van der Waals surface area contributed by atoms with E-state index in [2.05, 4.69) is 5.32 Å². The van der Waals surface area contributed by atoms with Crippen molar-refractivity contribution in [2.24, 2.45) is 0 Å². The molecule has 2 rings (SSSR count). The maximum Gasteiger partial charge on any atom is 0.326 e. The van der Waals surface area contributed by atoms with Gasteiger partial charge in [0, 0.05) is 25.2 Å².